The molecule has 0 aromatic rings. The van der Waals surface area contributed by atoms with Crippen molar-refractivity contribution < 1.29 is 5.11 Å². The van der Waals surface area contributed by atoms with Crippen molar-refractivity contribution in [2.45, 2.75) is 82.0 Å². The highest BCUT2D eigenvalue weighted by Gasteiger charge is 2.59. The molecule has 4 saturated carbocycles. The second-order valence-electron chi connectivity index (χ2n) is 8.92. The first-order valence-corrected chi connectivity index (χ1v) is 9.06. The lowest BCUT2D eigenvalue weighted by Crippen LogP contribution is -2.63. The van der Waals surface area contributed by atoms with Crippen LogP contribution in [-0.4, -0.2) is 40.3 Å². The number of nitrogens with two attached hydrogens (primary N) is 1. The van der Waals surface area contributed by atoms with Gasteiger partial charge in [0.1, 0.15) is 0 Å². The van der Waals surface area contributed by atoms with Crippen LogP contribution in [0.25, 0.3) is 0 Å². The summed E-state index contributed by atoms with van der Waals surface area (Å²) in [6.07, 6.45) is 8.68. The van der Waals surface area contributed by atoms with Gasteiger partial charge in [-0.15, -0.1) is 0 Å². The van der Waals surface area contributed by atoms with Gasteiger partial charge in [-0.25, -0.2) is 0 Å². The van der Waals surface area contributed by atoms with Crippen LogP contribution < -0.4 is 5.73 Å². The van der Waals surface area contributed by atoms with Gasteiger partial charge >= 0.3 is 0 Å². The third kappa shape index (κ3) is 2.21. The Morgan fingerprint density at radius 2 is 1.95 bits per heavy atom. The summed E-state index contributed by atoms with van der Waals surface area (Å²) >= 11 is 0. The van der Waals surface area contributed by atoms with Gasteiger partial charge in [0, 0.05) is 18.6 Å². The summed E-state index contributed by atoms with van der Waals surface area (Å²) in [5.74, 6) is 1.36. The molecule has 4 heteroatoms. The Kier molecular flexibility index (Phi) is 3.35. The first kappa shape index (κ1) is 14.9. The minimum atomic E-state index is -0.438. The van der Waals surface area contributed by atoms with Gasteiger partial charge in [0.05, 0.1) is 17.7 Å². The maximum Gasteiger partial charge on any atom is 0.0981 e. The normalized spacial score (nSPS) is 51.9. The topological polar surface area (TPSA) is 73.3 Å². The van der Waals surface area contributed by atoms with E-state index in [0.29, 0.717) is 17.9 Å². The zero-order chi connectivity index (χ0) is 15.5. The van der Waals surface area contributed by atoms with Crippen molar-refractivity contribution in [1.29, 1.82) is 5.26 Å². The standard InChI is InChI=1S/C18H29N3O/c1-12-2-3-15(9-19)21(12)10-16(20)17-5-13-4-14(6-17)8-18(22,7-13)11-17/h12-16,22H,2-8,10-11,20H2,1H3/t12-,13?,14?,15+,16-,17?,18?/m1/s1. The Balaban J connectivity index is 1.53. The van der Waals surface area contributed by atoms with Crippen molar-refractivity contribution in [3.8, 4) is 6.07 Å². The van der Waals surface area contributed by atoms with Crippen molar-refractivity contribution in [3.63, 3.8) is 0 Å². The molecule has 4 aliphatic carbocycles. The largest absolute Gasteiger partial charge is 0.390 e. The molecule has 0 radical (unpaired) electrons. The predicted molar refractivity (Wildman–Crippen MR) is 84.8 cm³/mol. The molecule has 0 aromatic heterocycles. The highest BCUT2D eigenvalue weighted by molar-refractivity contribution is 5.12. The van der Waals surface area contributed by atoms with Crippen LogP contribution in [0.5, 0.6) is 0 Å². The average Bonchev–Trinajstić information content (AvgIpc) is 2.77. The molecule has 4 bridgehead atoms. The molecule has 2 unspecified atom stereocenters. The SMILES string of the molecule is C[C@@H]1CC[C@@H](C#N)N1C[C@@H](N)C12CC3CC(CC(O)(C3)C1)C2. The molecule has 5 aliphatic rings. The van der Waals surface area contributed by atoms with Crippen molar-refractivity contribution in [1.82, 2.24) is 4.90 Å². The lowest BCUT2D eigenvalue weighted by atomic mass is 9.46. The van der Waals surface area contributed by atoms with Gasteiger partial charge < -0.3 is 10.8 Å². The fourth-order valence-electron chi connectivity index (χ4n) is 6.62. The lowest BCUT2D eigenvalue weighted by Gasteiger charge is -2.62. The Morgan fingerprint density at radius 1 is 1.27 bits per heavy atom. The molecule has 5 rings (SSSR count). The molecule has 0 amide bonds. The maximum atomic E-state index is 10.9. The summed E-state index contributed by atoms with van der Waals surface area (Å²) in [5.41, 5.74) is 6.42. The summed E-state index contributed by atoms with van der Waals surface area (Å²) in [6.45, 7) is 3.05. The van der Waals surface area contributed by atoms with Crippen molar-refractivity contribution >= 4 is 0 Å². The second-order valence-corrected chi connectivity index (χ2v) is 8.92. The van der Waals surface area contributed by atoms with Crippen LogP contribution in [0.3, 0.4) is 0 Å². The smallest absolute Gasteiger partial charge is 0.0981 e. The predicted octanol–water partition coefficient (Wildman–Crippen LogP) is 2.02. The van der Waals surface area contributed by atoms with E-state index in [2.05, 4.69) is 17.9 Å². The molecule has 5 fully saturated rings. The van der Waals surface area contributed by atoms with E-state index in [1.54, 1.807) is 0 Å². The van der Waals surface area contributed by atoms with Crippen LogP contribution in [0, 0.1) is 28.6 Å². The summed E-state index contributed by atoms with van der Waals surface area (Å²) in [5, 5.41) is 20.3. The van der Waals surface area contributed by atoms with Crippen molar-refractivity contribution in [2.24, 2.45) is 23.0 Å². The van der Waals surface area contributed by atoms with Crippen molar-refractivity contribution in [2.75, 3.05) is 6.54 Å². The molecule has 5 atom stereocenters. The summed E-state index contributed by atoms with van der Waals surface area (Å²) in [7, 11) is 0. The molecule has 1 aliphatic heterocycles. The molecule has 3 N–H and O–H groups in total. The third-order valence-corrected chi connectivity index (χ3v) is 7.24. The van der Waals surface area contributed by atoms with E-state index in [-0.39, 0.29) is 17.5 Å². The molecule has 122 valence electrons. The minimum absolute atomic E-state index is 0.0399. The van der Waals surface area contributed by atoms with Crippen LogP contribution in [0.2, 0.25) is 0 Å². The molecule has 4 nitrogen and oxygen atoms in total. The van der Waals surface area contributed by atoms with E-state index in [0.717, 1.165) is 38.6 Å². The molecule has 1 heterocycles. The average molecular weight is 303 g/mol. The summed E-state index contributed by atoms with van der Waals surface area (Å²) in [4.78, 5) is 2.33. The Labute approximate surface area is 133 Å². The number of hydrogen-bond acceptors (Lipinski definition) is 4. The molecular formula is C18H29N3O. The zero-order valence-electron chi connectivity index (χ0n) is 13.7. The van der Waals surface area contributed by atoms with Crippen LogP contribution in [0.4, 0.5) is 0 Å². The first-order valence-electron chi connectivity index (χ1n) is 9.06. The fraction of sp³-hybridized carbons (Fsp3) is 0.944. The number of nitriles is 1. The minimum Gasteiger partial charge on any atom is -0.390 e. The lowest BCUT2D eigenvalue weighted by molar-refractivity contribution is -0.172. The van der Waals surface area contributed by atoms with Gasteiger partial charge in [0.2, 0.25) is 0 Å². The first-order chi connectivity index (χ1) is 10.4. The Hall–Kier alpha value is -0.630. The Morgan fingerprint density at radius 3 is 2.55 bits per heavy atom. The van der Waals surface area contributed by atoms with Crippen LogP contribution in [0.1, 0.15) is 58.3 Å². The van der Waals surface area contributed by atoms with E-state index >= 15 is 0 Å². The fourth-order valence-corrected chi connectivity index (χ4v) is 6.62. The third-order valence-electron chi connectivity index (χ3n) is 7.24. The van der Waals surface area contributed by atoms with E-state index in [1.165, 1.54) is 19.3 Å². The Bertz CT molecular complexity index is 485. The van der Waals surface area contributed by atoms with E-state index in [4.69, 9.17) is 5.73 Å². The monoisotopic (exact) mass is 303 g/mol. The molecule has 0 spiro atoms. The number of nitrogens with zero attached hydrogens (tertiary/aromatic N) is 2. The highest BCUT2D eigenvalue weighted by atomic mass is 16.3. The van der Waals surface area contributed by atoms with E-state index in [1.807, 2.05) is 0 Å². The van der Waals surface area contributed by atoms with Gasteiger partial charge in [-0.3, -0.25) is 4.90 Å². The quantitative estimate of drug-likeness (QED) is 0.836. The van der Waals surface area contributed by atoms with Crippen molar-refractivity contribution in [3.05, 3.63) is 0 Å². The summed E-state index contributed by atoms with van der Waals surface area (Å²) in [6, 6.07) is 3.06. The van der Waals surface area contributed by atoms with Gasteiger partial charge in [0.15, 0.2) is 0 Å². The van der Waals surface area contributed by atoms with Gasteiger partial charge in [0.25, 0.3) is 0 Å². The van der Waals surface area contributed by atoms with Gasteiger partial charge in [-0.05, 0) is 75.5 Å². The van der Waals surface area contributed by atoms with E-state index < -0.39 is 5.60 Å². The van der Waals surface area contributed by atoms with Gasteiger partial charge in [-0.2, -0.15) is 5.26 Å². The molecular weight excluding hydrogens is 274 g/mol. The number of likely N-dealkylation sites (tertiary alicyclic amines) is 1. The number of aliphatic hydroxyl groups is 1. The molecule has 0 aromatic carbocycles. The van der Waals surface area contributed by atoms with E-state index in [9.17, 15) is 10.4 Å². The maximum absolute atomic E-state index is 10.9. The summed E-state index contributed by atoms with van der Waals surface area (Å²) < 4.78 is 0. The van der Waals surface area contributed by atoms with Crippen LogP contribution in [0.15, 0.2) is 0 Å². The van der Waals surface area contributed by atoms with Gasteiger partial charge in [-0.1, -0.05) is 0 Å². The zero-order valence-corrected chi connectivity index (χ0v) is 13.7. The second kappa shape index (κ2) is 4.93. The number of rotatable bonds is 3. The van der Waals surface area contributed by atoms with Crippen LogP contribution >= 0.6 is 0 Å². The number of hydrogen-bond donors (Lipinski definition) is 2. The molecule has 22 heavy (non-hydrogen) atoms. The highest BCUT2D eigenvalue weighted by Crippen LogP contribution is 2.62. The van der Waals surface area contributed by atoms with Crippen LogP contribution in [-0.2, 0) is 0 Å². The molecule has 1 saturated heterocycles.